The second-order valence-corrected chi connectivity index (χ2v) is 6.75. The summed E-state index contributed by atoms with van der Waals surface area (Å²) < 4.78 is 0. The van der Waals surface area contributed by atoms with Gasteiger partial charge in [-0.05, 0) is 24.0 Å². The van der Waals surface area contributed by atoms with Crippen LogP contribution in [0.5, 0.6) is 0 Å². The van der Waals surface area contributed by atoms with Crippen LogP contribution in [0.4, 0.5) is 4.79 Å². The zero-order valence-corrected chi connectivity index (χ0v) is 15.4. The lowest BCUT2D eigenvalue weighted by molar-refractivity contribution is -0.133. The summed E-state index contributed by atoms with van der Waals surface area (Å²) in [5, 5.41) is 0. The molecule has 0 unspecified atom stereocenters. The fourth-order valence-electron chi connectivity index (χ4n) is 3.63. The van der Waals surface area contributed by atoms with E-state index in [-0.39, 0.29) is 18.5 Å². The van der Waals surface area contributed by atoms with Crippen molar-refractivity contribution >= 4 is 11.9 Å². The summed E-state index contributed by atoms with van der Waals surface area (Å²) in [6, 6.07) is 19.0. The number of benzene rings is 2. The minimum Gasteiger partial charge on any atom is -0.305 e. The molecule has 0 saturated carbocycles. The summed E-state index contributed by atoms with van der Waals surface area (Å²) in [6.45, 7) is 8.27. The second kappa shape index (κ2) is 8.04. The first-order chi connectivity index (χ1) is 13.1. The van der Waals surface area contributed by atoms with Crippen LogP contribution in [0.15, 0.2) is 86.0 Å². The fourth-order valence-corrected chi connectivity index (χ4v) is 3.63. The zero-order chi connectivity index (χ0) is 19.3. The molecule has 4 nitrogen and oxygen atoms in total. The highest BCUT2D eigenvalue weighted by molar-refractivity contribution is 6.07. The molecule has 138 valence electrons. The molecule has 0 N–H and O–H groups in total. The molecule has 1 saturated heterocycles. The summed E-state index contributed by atoms with van der Waals surface area (Å²) in [6.07, 6.45) is 4.20. The Bertz CT molecular complexity index is 820. The molecule has 0 atom stereocenters. The fraction of sp³-hybridized carbons (Fsp3) is 0.217. The summed E-state index contributed by atoms with van der Waals surface area (Å²) in [4.78, 5) is 29.7. The van der Waals surface area contributed by atoms with Gasteiger partial charge in [0, 0.05) is 6.54 Å². The van der Waals surface area contributed by atoms with Crippen LogP contribution in [0, 0.1) is 0 Å². The molecule has 27 heavy (non-hydrogen) atoms. The van der Waals surface area contributed by atoms with Gasteiger partial charge in [0.25, 0.3) is 5.91 Å². The van der Waals surface area contributed by atoms with E-state index in [9.17, 15) is 9.59 Å². The lowest BCUT2D eigenvalue weighted by atomic mass is 9.88. The smallest absolute Gasteiger partial charge is 0.305 e. The van der Waals surface area contributed by atoms with Crippen molar-refractivity contribution in [3.05, 3.63) is 97.1 Å². The van der Waals surface area contributed by atoms with Crippen molar-refractivity contribution in [2.24, 2.45) is 0 Å². The molecule has 4 heteroatoms. The molecule has 0 aromatic heterocycles. The predicted molar refractivity (Wildman–Crippen MR) is 107 cm³/mol. The number of nitrogens with zero attached hydrogens (tertiary/aromatic N) is 2. The monoisotopic (exact) mass is 360 g/mol. The van der Waals surface area contributed by atoms with Gasteiger partial charge < -0.3 is 4.90 Å². The summed E-state index contributed by atoms with van der Waals surface area (Å²) in [5.74, 6) is -0.188. The first kappa shape index (κ1) is 18.6. The maximum Gasteiger partial charge on any atom is 0.328 e. The van der Waals surface area contributed by atoms with Crippen LogP contribution in [0.1, 0.15) is 24.0 Å². The standard InChI is InChI=1S/C23H24N2O2/c1-3-15-23(16-4-2)21(26)24(17-19-11-7-5-8-12-19)22(27)25(23)18-20-13-9-6-10-14-20/h3-14H,1-2,15-18H2. The highest BCUT2D eigenvalue weighted by Gasteiger charge is 2.55. The lowest BCUT2D eigenvalue weighted by Gasteiger charge is -2.33. The van der Waals surface area contributed by atoms with Gasteiger partial charge in [0.15, 0.2) is 0 Å². The van der Waals surface area contributed by atoms with Crippen molar-refractivity contribution in [2.45, 2.75) is 31.5 Å². The molecule has 3 rings (SSSR count). The molecule has 0 aliphatic carbocycles. The van der Waals surface area contributed by atoms with Gasteiger partial charge in [-0.15, -0.1) is 13.2 Å². The maximum atomic E-state index is 13.4. The number of urea groups is 1. The van der Waals surface area contributed by atoms with Crippen LogP contribution < -0.4 is 0 Å². The largest absolute Gasteiger partial charge is 0.328 e. The number of hydrogen-bond donors (Lipinski definition) is 0. The summed E-state index contributed by atoms with van der Waals surface area (Å²) in [7, 11) is 0. The van der Waals surface area contributed by atoms with E-state index >= 15 is 0 Å². The van der Waals surface area contributed by atoms with Crippen molar-refractivity contribution in [3.63, 3.8) is 0 Å². The lowest BCUT2D eigenvalue weighted by Crippen LogP contribution is -2.48. The van der Waals surface area contributed by atoms with E-state index in [4.69, 9.17) is 0 Å². The van der Waals surface area contributed by atoms with E-state index in [0.717, 1.165) is 11.1 Å². The number of carbonyl (C=O) groups is 2. The quantitative estimate of drug-likeness (QED) is 0.512. The highest BCUT2D eigenvalue weighted by atomic mass is 16.2. The first-order valence-electron chi connectivity index (χ1n) is 9.05. The number of amides is 3. The Kier molecular flexibility index (Phi) is 5.55. The van der Waals surface area contributed by atoms with Crippen LogP contribution in [0.25, 0.3) is 0 Å². The number of rotatable bonds is 8. The Morgan fingerprint density at radius 1 is 0.778 bits per heavy atom. The van der Waals surface area contributed by atoms with Crippen molar-refractivity contribution in [3.8, 4) is 0 Å². The van der Waals surface area contributed by atoms with E-state index in [2.05, 4.69) is 13.2 Å². The molecule has 2 aromatic rings. The van der Waals surface area contributed by atoms with Gasteiger partial charge in [-0.1, -0.05) is 72.8 Å². The van der Waals surface area contributed by atoms with E-state index < -0.39 is 5.54 Å². The second-order valence-electron chi connectivity index (χ2n) is 6.75. The van der Waals surface area contributed by atoms with Gasteiger partial charge in [0.2, 0.25) is 0 Å². The molecule has 1 heterocycles. The third-order valence-corrected chi connectivity index (χ3v) is 4.95. The van der Waals surface area contributed by atoms with Crippen LogP contribution in [0.3, 0.4) is 0 Å². The molecule has 3 amide bonds. The SMILES string of the molecule is C=CCC1(CC=C)C(=O)N(Cc2ccccc2)C(=O)N1Cc1ccccc1. The van der Waals surface area contributed by atoms with Crippen molar-refractivity contribution < 1.29 is 9.59 Å². The molecule has 0 spiro atoms. The van der Waals surface area contributed by atoms with Gasteiger partial charge in [-0.3, -0.25) is 9.69 Å². The molecule has 2 aromatic carbocycles. The molecular weight excluding hydrogens is 336 g/mol. The first-order valence-corrected chi connectivity index (χ1v) is 9.05. The van der Waals surface area contributed by atoms with Crippen molar-refractivity contribution in [1.82, 2.24) is 9.80 Å². The van der Waals surface area contributed by atoms with Crippen LogP contribution in [-0.2, 0) is 17.9 Å². The molecule has 1 aliphatic rings. The Morgan fingerprint density at radius 2 is 1.26 bits per heavy atom. The predicted octanol–water partition coefficient (Wildman–Crippen LogP) is 4.54. The molecule has 0 bridgehead atoms. The molecule has 0 radical (unpaired) electrons. The third-order valence-electron chi connectivity index (χ3n) is 4.95. The Hall–Kier alpha value is -3.14. The topological polar surface area (TPSA) is 40.6 Å². The van der Waals surface area contributed by atoms with Gasteiger partial charge in [0.1, 0.15) is 5.54 Å². The van der Waals surface area contributed by atoms with Crippen LogP contribution in [0.2, 0.25) is 0 Å². The average molecular weight is 360 g/mol. The number of imide groups is 1. The van der Waals surface area contributed by atoms with Gasteiger partial charge in [0.05, 0.1) is 6.54 Å². The van der Waals surface area contributed by atoms with Gasteiger partial charge in [-0.25, -0.2) is 4.79 Å². The molecule has 1 aliphatic heterocycles. The highest BCUT2D eigenvalue weighted by Crippen LogP contribution is 2.37. The minimum atomic E-state index is -0.967. The molecular formula is C23H24N2O2. The Morgan fingerprint density at radius 3 is 1.74 bits per heavy atom. The number of hydrogen-bond acceptors (Lipinski definition) is 2. The minimum absolute atomic E-state index is 0.188. The van der Waals surface area contributed by atoms with Gasteiger partial charge in [-0.2, -0.15) is 0 Å². The Labute approximate surface area is 160 Å². The van der Waals surface area contributed by atoms with E-state index in [0.29, 0.717) is 19.4 Å². The molecule has 1 fully saturated rings. The summed E-state index contributed by atoms with van der Waals surface area (Å²) >= 11 is 0. The van der Waals surface area contributed by atoms with E-state index in [1.54, 1.807) is 17.1 Å². The van der Waals surface area contributed by atoms with E-state index in [1.165, 1.54) is 4.90 Å². The zero-order valence-electron chi connectivity index (χ0n) is 15.4. The van der Waals surface area contributed by atoms with E-state index in [1.807, 2.05) is 60.7 Å². The van der Waals surface area contributed by atoms with Crippen molar-refractivity contribution in [2.75, 3.05) is 0 Å². The average Bonchev–Trinajstić information content (AvgIpc) is 2.87. The maximum absolute atomic E-state index is 13.4. The Balaban J connectivity index is 1.98. The number of carbonyl (C=O) groups excluding carboxylic acids is 2. The van der Waals surface area contributed by atoms with Crippen LogP contribution in [-0.4, -0.2) is 27.3 Å². The van der Waals surface area contributed by atoms with Gasteiger partial charge >= 0.3 is 6.03 Å². The van der Waals surface area contributed by atoms with Crippen LogP contribution >= 0.6 is 0 Å². The van der Waals surface area contributed by atoms with Crippen molar-refractivity contribution in [1.29, 1.82) is 0 Å². The summed E-state index contributed by atoms with van der Waals surface area (Å²) in [5.41, 5.74) is 0.940. The normalized spacial score (nSPS) is 15.9. The third kappa shape index (κ3) is 3.56.